The summed E-state index contributed by atoms with van der Waals surface area (Å²) < 4.78 is 5.24. The summed E-state index contributed by atoms with van der Waals surface area (Å²) in [5.74, 6) is -0.378. The fourth-order valence-electron chi connectivity index (χ4n) is 1.98. The molecule has 17 heavy (non-hydrogen) atoms. The van der Waals surface area contributed by atoms with Gasteiger partial charge in [0.15, 0.2) is 0 Å². The lowest BCUT2D eigenvalue weighted by Gasteiger charge is -2.20. The van der Waals surface area contributed by atoms with E-state index < -0.39 is 11.9 Å². The Kier molecular flexibility index (Phi) is 4.55. The molecule has 2 unspecified atom stereocenters. The molecule has 0 saturated heterocycles. The predicted octanol–water partition coefficient (Wildman–Crippen LogP) is 3.22. The Morgan fingerprint density at radius 2 is 2.12 bits per heavy atom. The first kappa shape index (κ1) is 13.6. The van der Waals surface area contributed by atoms with Gasteiger partial charge in [0.1, 0.15) is 5.75 Å². The largest absolute Gasteiger partial charge is 0.496 e. The van der Waals surface area contributed by atoms with E-state index in [9.17, 15) is 9.90 Å². The number of carboxylic acid groups (broad SMARTS) is 1. The van der Waals surface area contributed by atoms with E-state index in [1.165, 1.54) is 0 Å². The quantitative estimate of drug-likeness (QED) is 0.853. The van der Waals surface area contributed by atoms with Crippen molar-refractivity contribution < 1.29 is 14.6 Å². The first-order chi connectivity index (χ1) is 8.01. The first-order valence-electron chi connectivity index (χ1n) is 5.88. The molecule has 1 aromatic carbocycles. The number of carboxylic acids is 1. The minimum atomic E-state index is -0.773. The molecule has 94 valence electrons. The Morgan fingerprint density at radius 1 is 1.47 bits per heavy atom. The van der Waals surface area contributed by atoms with Crippen LogP contribution in [0.25, 0.3) is 0 Å². The van der Waals surface area contributed by atoms with Crippen molar-refractivity contribution in [3.8, 4) is 5.75 Å². The normalized spacial score (nSPS) is 14.1. The Labute approximate surface area is 102 Å². The van der Waals surface area contributed by atoms with E-state index in [2.05, 4.69) is 0 Å². The van der Waals surface area contributed by atoms with Crippen LogP contribution in [-0.4, -0.2) is 18.2 Å². The molecule has 3 heteroatoms. The molecule has 1 N–H and O–H groups in total. The van der Waals surface area contributed by atoms with E-state index in [0.29, 0.717) is 0 Å². The molecule has 0 heterocycles. The molecule has 0 saturated carbocycles. The van der Waals surface area contributed by atoms with Gasteiger partial charge in [-0.1, -0.05) is 32.4 Å². The number of ether oxygens (including phenoxy) is 1. The van der Waals surface area contributed by atoms with E-state index in [-0.39, 0.29) is 5.92 Å². The molecular weight excluding hydrogens is 216 g/mol. The minimum absolute atomic E-state index is 0.111. The summed E-state index contributed by atoms with van der Waals surface area (Å²) in [6.45, 7) is 5.92. The van der Waals surface area contributed by atoms with E-state index in [1.807, 2.05) is 39.0 Å². The molecule has 2 atom stereocenters. The molecule has 0 bridgehead atoms. The Bertz CT molecular complexity index is 398. The van der Waals surface area contributed by atoms with Gasteiger partial charge in [0.2, 0.25) is 0 Å². The van der Waals surface area contributed by atoms with E-state index in [1.54, 1.807) is 7.11 Å². The number of aliphatic carboxylic acids is 1. The van der Waals surface area contributed by atoms with Crippen LogP contribution in [0.2, 0.25) is 0 Å². The Balaban J connectivity index is 3.15. The smallest absolute Gasteiger partial charge is 0.311 e. The molecule has 0 spiro atoms. The van der Waals surface area contributed by atoms with Crippen LogP contribution in [0.1, 0.15) is 37.3 Å². The van der Waals surface area contributed by atoms with Crippen LogP contribution in [0.15, 0.2) is 18.2 Å². The van der Waals surface area contributed by atoms with Crippen LogP contribution < -0.4 is 4.74 Å². The molecule has 0 aliphatic rings. The van der Waals surface area contributed by atoms with Crippen molar-refractivity contribution in [3.05, 3.63) is 29.3 Å². The van der Waals surface area contributed by atoms with Gasteiger partial charge in [0, 0.05) is 0 Å². The first-order valence-corrected chi connectivity index (χ1v) is 5.88. The molecule has 0 radical (unpaired) electrons. The van der Waals surface area contributed by atoms with Crippen molar-refractivity contribution in [1.29, 1.82) is 0 Å². The lowest BCUT2D eigenvalue weighted by molar-refractivity contribution is -0.140. The number of aryl methyl sites for hydroxylation is 1. The number of methoxy groups -OCH3 is 1. The average molecular weight is 236 g/mol. The maximum atomic E-state index is 11.3. The van der Waals surface area contributed by atoms with E-state index in [4.69, 9.17) is 4.74 Å². The monoisotopic (exact) mass is 236 g/mol. The third kappa shape index (κ3) is 2.99. The van der Waals surface area contributed by atoms with Crippen molar-refractivity contribution >= 4 is 5.97 Å². The van der Waals surface area contributed by atoms with Gasteiger partial charge in [-0.3, -0.25) is 4.79 Å². The molecule has 3 nitrogen and oxygen atoms in total. The molecule has 0 fully saturated rings. The predicted molar refractivity (Wildman–Crippen MR) is 67.6 cm³/mol. The number of benzene rings is 1. The number of rotatable bonds is 5. The summed E-state index contributed by atoms with van der Waals surface area (Å²) in [6.07, 6.45) is 0.840. The fraction of sp³-hybridized carbons (Fsp3) is 0.500. The third-order valence-electron chi connectivity index (χ3n) is 3.27. The van der Waals surface area contributed by atoms with Crippen LogP contribution in [-0.2, 0) is 4.79 Å². The maximum absolute atomic E-state index is 11.3. The molecule has 0 amide bonds. The van der Waals surface area contributed by atoms with Crippen LogP contribution in [0, 0.1) is 12.8 Å². The maximum Gasteiger partial charge on any atom is 0.311 e. The van der Waals surface area contributed by atoms with E-state index in [0.717, 1.165) is 23.3 Å². The molecule has 0 aliphatic carbocycles. The average Bonchev–Trinajstić information content (AvgIpc) is 2.30. The van der Waals surface area contributed by atoms with Gasteiger partial charge in [-0.15, -0.1) is 0 Å². The number of carbonyl (C=O) groups is 1. The molecule has 0 aromatic heterocycles. The van der Waals surface area contributed by atoms with Crippen molar-refractivity contribution in [3.63, 3.8) is 0 Å². The van der Waals surface area contributed by atoms with Gasteiger partial charge >= 0.3 is 5.97 Å². The highest BCUT2D eigenvalue weighted by Gasteiger charge is 2.25. The molecule has 1 aromatic rings. The highest BCUT2D eigenvalue weighted by molar-refractivity contribution is 5.76. The lowest BCUT2D eigenvalue weighted by Crippen LogP contribution is -2.19. The zero-order valence-electron chi connectivity index (χ0n) is 10.9. The highest BCUT2D eigenvalue weighted by atomic mass is 16.5. The molecule has 0 aliphatic heterocycles. The standard InChI is InChI=1S/C14H20O3/c1-5-9(2)13(14(15)16)11-7-6-10(3)12(8-11)17-4/h6-9,13H,5H2,1-4H3,(H,15,16). The van der Waals surface area contributed by atoms with Crippen LogP contribution in [0.5, 0.6) is 5.75 Å². The van der Waals surface area contributed by atoms with Gasteiger partial charge in [-0.2, -0.15) is 0 Å². The molecular formula is C14H20O3. The second-order valence-corrected chi connectivity index (χ2v) is 4.43. The molecule has 1 rings (SSSR count). The zero-order valence-corrected chi connectivity index (χ0v) is 10.9. The Morgan fingerprint density at radius 3 is 2.59 bits per heavy atom. The lowest BCUT2D eigenvalue weighted by atomic mass is 9.85. The van der Waals surface area contributed by atoms with Gasteiger partial charge in [0.25, 0.3) is 0 Å². The summed E-state index contributed by atoms with van der Waals surface area (Å²) in [7, 11) is 1.60. The highest BCUT2D eigenvalue weighted by Crippen LogP contribution is 2.30. The third-order valence-corrected chi connectivity index (χ3v) is 3.27. The van der Waals surface area contributed by atoms with Crippen LogP contribution in [0.3, 0.4) is 0 Å². The van der Waals surface area contributed by atoms with Gasteiger partial charge in [-0.05, 0) is 30.0 Å². The van der Waals surface area contributed by atoms with Crippen molar-refractivity contribution in [1.82, 2.24) is 0 Å². The summed E-state index contributed by atoms with van der Waals surface area (Å²) in [4.78, 5) is 11.3. The topological polar surface area (TPSA) is 46.5 Å². The van der Waals surface area contributed by atoms with Crippen molar-refractivity contribution in [2.45, 2.75) is 33.1 Å². The fourth-order valence-corrected chi connectivity index (χ4v) is 1.98. The SMILES string of the molecule is CCC(C)C(C(=O)O)c1ccc(C)c(OC)c1. The van der Waals surface area contributed by atoms with E-state index >= 15 is 0 Å². The van der Waals surface area contributed by atoms with Crippen LogP contribution >= 0.6 is 0 Å². The second kappa shape index (κ2) is 5.71. The minimum Gasteiger partial charge on any atom is -0.496 e. The number of hydrogen-bond donors (Lipinski definition) is 1. The zero-order chi connectivity index (χ0) is 13.0. The summed E-state index contributed by atoms with van der Waals surface area (Å²) in [6, 6.07) is 5.62. The summed E-state index contributed by atoms with van der Waals surface area (Å²) >= 11 is 0. The van der Waals surface area contributed by atoms with Gasteiger partial charge < -0.3 is 9.84 Å². The van der Waals surface area contributed by atoms with Gasteiger partial charge in [0.05, 0.1) is 13.0 Å². The Hall–Kier alpha value is -1.51. The summed E-state index contributed by atoms with van der Waals surface area (Å²) in [5.41, 5.74) is 1.83. The van der Waals surface area contributed by atoms with Gasteiger partial charge in [-0.25, -0.2) is 0 Å². The van der Waals surface area contributed by atoms with Crippen molar-refractivity contribution in [2.75, 3.05) is 7.11 Å². The van der Waals surface area contributed by atoms with Crippen molar-refractivity contribution in [2.24, 2.45) is 5.92 Å². The summed E-state index contributed by atoms with van der Waals surface area (Å²) in [5, 5.41) is 9.32. The van der Waals surface area contributed by atoms with Crippen LogP contribution in [0.4, 0.5) is 0 Å². The second-order valence-electron chi connectivity index (χ2n) is 4.43. The number of hydrogen-bond acceptors (Lipinski definition) is 2.